The van der Waals surface area contributed by atoms with Crippen molar-refractivity contribution in [3.8, 4) is 11.3 Å². The summed E-state index contributed by atoms with van der Waals surface area (Å²) in [6, 6.07) is 11.5. The molecular weight excluding hydrogens is 286 g/mol. The number of carbonyl (C=O) groups excluding carboxylic acids is 1. The van der Waals surface area contributed by atoms with Crippen LogP contribution in [0.15, 0.2) is 42.6 Å². The molecule has 1 atom stereocenters. The van der Waals surface area contributed by atoms with Crippen LogP contribution in [0.5, 0.6) is 0 Å². The Morgan fingerprint density at radius 3 is 2.50 bits per heavy atom. The van der Waals surface area contributed by atoms with E-state index in [1.54, 1.807) is 13.1 Å². The lowest BCUT2D eigenvalue weighted by molar-refractivity contribution is -0.105. The van der Waals surface area contributed by atoms with Gasteiger partial charge in [-0.15, -0.1) is 0 Å². The smallest absolute Gasteiger partial charge is 0.251 e. The molecule has 3 nitrogen and oxygen atoms in total. The molecule has 1 unspecified atom stereocenters. The summed E-state index contributed by atoms with van der Waals surface area (Å²) in [6.45, 7) is 3.58. The molecule has 1 N–H and O–H groups in total. The first-order chi connectivity index (χ1) is 10.4. The minimum absolute atomic E-state index is 0.104. The highest BCUT2D eigenvalue weighted by Gasteiger charge is 2.53. The molecule has 22 heavy (non-hydrogen) atoms. The maximum absolute atomic E-state index is 11.5. The van der Waals surface area contributed by atoms with Crippen molar-refractivity contribution in [3.63, 3.8) is 0 Å². The number of rotatable bonds is 3. The van der Waals surface area contributed by atoms with Crippen molar-refractivity contribution in [2.75, 3.05) is 5.32 Å². The van der Waals surface area contributed by atoms with Crippen molar-refractivity contribution >= 4 is 12.1 Å². The molecule has 1 fully saturated rings. The second kappa shape index (κ2) is 6.64. The molecule has 116 valence electrons. The van der Waals surface area contributed by atoms with Gasteiger partial charge in [0, 0.05) is 29.8 Å². The maximum atomic E-state index is 11.5. The largest absolute Gasteiger partial charge is 0.329 e. The number of benzene rings is 1. The molecule has 0 aliphatic heterocycles. The molecule has 1 heterocycles. The van der Waals surface area contributed by atoms with Gasteiger partial charge in [-0.1, -0.05) is 19.1 Å². The first-order valence-corrected chi connectivity index (χ1v) is 7.04. The molecule has 0 saturated heterocycles. The topological polar surface area (TPSA) is 42.0 Å². The first-order valence-electron chi connectivity index (χ1n) is 7.04. The lowest BCUT2D eigenvalue weighted by Gasteiger charge is -2.07. The van der Waals surface area contributed by atoms with E-state index < -0.39 is 5.92 Å². The van der Waals surface area contributed by atoms with Crippen molar-refractivity contribution in [2.45, 2.75) is 26.2 Å². The molecule has 1 amide bonds. The minimum atomic E-state index is -2.29. The molecule has 2 aromatic rings. The Labute approximate surface area is 128 Å². The van der Waals surface area contributed by atoms with Crippen LogP contribution in [-0.4, -0.2) is 17.3 Å². The number of anilines is 1. The van der Waals surface area contributed by atoms with Gasteiger partial charge in [-0.25, -0.2) is 8.78 Å². The quantitative estimate of drug-likeness (QED) is 0.860. The Morgan fingerprint density at radius 2 is 2.00 bits per heavy atom. The molecule has 0 bridgehead atoms. The summed E-state index contributed by atoms with van der Waals surface area (Å²) < 4.78 is 23.1. The van der Waals surface area contributed by atoms with Gasteiger partial charge in [0.25, 0.3) is 5.92 Å². The summed E-state index contributed by atoms with van der Waals surface area (Å²) in [7, 11) is 0. The van der Waals surface area contributed by atoms with E-state index in [0.29, 0.717) is 6.41 Å². The van der Waals surface area contributed by atoms with Crippen LogP contribution in [0.25, 0.3) is 11.3 Å². The molecular formula is C17H18F2N2O. The third kappa shape index (κ3) is 4.10. The second-order valence-electron chi connectivity index (χ2n) is 5.37. The molecule has 5 heteroatoms. The molecule has 3 rings (SSSR count). The summed E-state index contributed by atoms with van der Waals surface area (Å²) in [5.41, 5.74) is 3.86. The third-order valence-electron chi connectivity index (χ3n) is 3.54. The van der Waals surface area contributed by atoms with Gasteiger partial charge in [0.1, 0.15) is 0 Å². The highest BCUT2D eigenvalue weighted by Crippen LogP contribution is 2.47. The molecule has 1 aromatic carbocycles. The third-order valence-corrected chi connectivity index (χ3v) is 3.54. The highest BCUT2D eigenvalue weighted by atomic mass is 19.3. The predicted octanol–water partition coefficient (Wildman–Crippen LogP) is 4.29. The summed E-state index contributed by atoms with van der Waals surface area (Å²) >= 11 is 0. The van der Waals surface area contributed by atoms with Crippen LogP contribution in [0.2, 0.25) is 0 Å². The van der Waals surface area contributed by atoms with Crippen LogP contribution in [-0.2, 0) is 4.79 Å². The number of amides is 1. The Morgan fingerprint density at radius 1 is 1.32 bits per heavy atom. The van der Waals surface area contributed by atoms with E-state index in [0.717, 1.165) is 22.5 Å². The molecule has 0 spiro atoms. The SMILES string of the molecule is CC1CC1(F)F.Cc1ccc(NC=O)cc1-c1ccccn1. The number of pyridine rings is 1. The van der Waals surface area contributed by atoms with Crippen LogP contribution >= 0.6 is 0 Å². The van der Waals surface area contributed by atoms with Gasteiger partial charge < -0.3 is 5.32 Å². The first kappa shape index (κ1) is 16.1. The number of nitrogens with one attached hydrogen (secondary N) is 1. The number of hydrogen-bond acceptors (Lipinski definition) is 2. The van der Waals surface area contributed by atoms with Crippen molar-refractivity contribution in [2.24, 2.45) is 5.92 Å². The van der Waals surface area contributed by atoms with Crippen LogP contribution < -0.4 is 5.32 Å². The normalized spacial score (nSPS) is 17.9. The number of aromatic nitrogens is 1. The molecule has 1 saturated carbocycles. The minimum Gasteiger partial charge on any atom is -0.329 e. The number of hydrogen-bond donors (Lipinski definition) is 1. The van der Waals surface area contributed by atoms with Crippen molar-refractivity contribution in [1.29, 1.82) is 0 Å². The van der Waals surface area contributed by atoms with E-state index in [1.165, 1.54) is 0 Å². The van der Waals surface area contributed by atoms with Crippen molar-refractivity contribution in [3.05, 3.63) is 48.2 Å². The fraction of sp³-hybridized carbons (Fsp3) is 0.294. The fourth-order valence-electron chi connectivity index (χ4n) is 1.93. The highest BCUT2D eigenvalue weighted by molar-refractivity contribution is 5.76. The van der Waals surface area contributed by atoms with Crippen LogP contribution in [0, 0.1) is 12.8 Å². The zero-order valence-corrected chi connectivity index (χ0v) is 12.5. The average Bonchev–Trinajstić information content (AvgIpc) is 3.07. The van der Waals surface area contributed by atoms with Gasteiger partial charge in [-0.3, -0.25) is 9.78 Å². The van der Waals surface area contributed by atoms with Gasteiger partial charge in [-0.05, 0) is 36.8 Å². The Balaban J connectivity index is 0.000000246. The van der Waals surface area contributed by atoms with Gasteiger partial charge >= 0.3 is 0 Å². The zero-order valence-electron chi connectivity index (χ0n) is 12.5. The molecule has 0 radical (unpaired) electrons. The molecule has 1 aliphatic rings. The standard InChI is InChI=1S/C13H12N2O.C4H6F2/c1-10-5-6-11(15-9-16)8-12(10)13-4-2-3-7-14-13;1-3-2-4(3,5)6/h2-9H,1H3,(H,15,16);3H,2H2,1H3. The monoisotopic (exact) mass is 304 g/mol. The summed E-state index contributed by atoms with van der Waals surface area (Å²) in [5, 5.41) is 2.64. The number of carbonyl (C=O) groups is 1. The van der Waals surface area contributed by atoms with E-state index in [9.17, 15) is 13.6 Å². The van der Waals surface area contributed by atoms with Crippen LogP contribution in [0.3, 0.4) is 0 Å². The van der Waals surface area contributed by atoms with Gasteiger partial charge in [0.05, 0.1) is 5.69 Å². The molecule has 1 aromatic heterocycles. The second-order valence-corrected chi connectivity index (χ2v) is 5.37. The summed E-state index contributed by atoms with van der Waals surface area (Å²) in [5.74, 6) is -2.63. The van der Waals surface area contributed by atoms with E-state index in [1.807, 2.05) is 43.3 Å². The van der Waals surface area contributed by atoms with E-state index in [2.05, 4.69) is 10.3 Å². The summed E-state index contributed by atoms with van der Waals surface area (Å²) in [6.07, 6.45) is 2.54. The number of alkyl halides is 2. The Kier molecular flexibility index (Phi) is 4.85. The Hall–Kier alpha value is -2.30. The van der Waals surface area contributed by atoms with Crippen LogP contribution in [0.1, 0.15) is 18.9 Å². The van der Waals surface area contributed by atoms with Crippen molar-refractivity contribution in [1.82, 2.24) is 4.98 Å². The zero-order chi connectivity index (χ0) is 16.2. The van der Waals surface area contributed by atoms with Crippen molar-refractivity contribution < 1.29 is 13.6 Å². The van der Waals surface area contributed by atoms with E-state index >= 15 is 0 Å². The van der Waals surface area contributed by atoms with E-state index in [-0.39, 0.29) is 12.3 Å². The number of aryl methyl sites for hydroxylation is 1. The number of nitrogens with zero attached hydrogens (tertiary/aromatic N) is 1. The van der Waals surface area contributed by atoms with Gasteiger partial charge in [0.2, 0.25) is 6.41 Å². The lowest BCUT2D eigenvalue weighted by Crippen LogP contribution is -1.95. The Bertz CT molecular complexity index is 644. The van der Waals surface area contributed by atoms with Gasteiger partial charge in [0.15, 0.2) is 0 Å². The molecule has 1 aliphatic carbocycles. The number of halogens is 2. The lowest BCUT2D eigenvalue weighted by atomic mass is 10.0. The maximum Gasteiger partial charge on any atom is 0.251 e. The predicted molar refractivity (Wildman–Crippen MR) is 82.8 cm³/mol. The van der Waals surface area contributed by atoms with Crippen LogP contribution in [0.4, 0.5) is 14.5 Å². The van der Waals surface area contributed by atoms with E-state index in [4.69, 9.17) is 0 Å². The van der Waals surface area contributed by atoms with Gasteiger partial charge in [-0.2, -0.15) is 0 Å². The average molecular weight is 304 g/mol. The summed E-state index contributed by atoms with van der Waals surface area (Å²) in [4.78, 5) is 14.7. The fourth-order valence-corrected chi connectivity index (χ4v) is 1.93.